The SMILES string of the molecule is CCC(C)C12NC1C(C)C(C)c1cc(N)ccc12. The molecule has 1 heterocycles. The average molecular weight is 244 g/mol. The maximum absolute atomic E-state index is 5.98. The van der Waals surface area contributed by atoms with Crippen molar-refractivity contribution in [2.24, 2.45) is 11.8 Å². The van der Waals surface area contributed by atoms with Gasteiger partial charge in [0.1, 0.15) is 0 Å². The minimum absolute atomic E-state index is 0.226. The van der Waals surface area contributed by atoms with Crippen molar-refractivity contribution < 1.29 is 0 Å². The molecule has 1 saturated heterocycles. The van der Waals surface area contributed by atoms with Crippen LogP contribution in [0.5, 0.6) is 0 Å². The van der Waals surface area contributed by atoms with Crippen LogP contribution in [0.3, 0.4) is 0 Å². The van der Waals surface area contributed by atoms with Crippen LogP contribution in [-0.2, 0) is 5.54 Å². The van der Waals surface area contributed by atoms with E-state index < -0.39 is 0 Å². The molecule has 3 N–H and O–H groups in total. The van der Waals surface area contributed by atoms with E-state index in [4.69, 9.17) is 5.73 Å². The number of nitrogen functional groups attached to an aromatic ring is 1. The highest BCUT2D eigenvalue weighted by Crippen LogP contribution is 2.57. The molecular formula is C16H24N2. The maximum Gasteiger partial charge on any atom is 0.0624 e. The molecule has 1 aliphatic carbocycles. The molecule has 0 radical (unpaired) electrons. The number of rotatable bonds is 2. The smallest absolute Gasteiger partial charge is 0.0624 e. The highest BCUT2D eigenvalue weighted by atomic mass is 15.2. The molecule has 3 rings (SSSR count). The highest BCUT2D eigenvalue weighted by Gasteiger charge is 2.63. The first-order valence-corrected chi connectivity index (χ1v) is 7.20. The summed E-state index contributed by atoms with van der Waals surface area (Å²) in [6, 6.07) is 7.16. The molecule has 1 aliphatic heterocycles. The van der Waals surface area contributed by atoms with Crippen molar-refractivity contribution >= 4 is 5.69 Å². The molecule has 2 aliphatic rings. The summed E-state index contributed by atoms with van der Waals surface area (Å²) in [5.41, 5.74) is 10.1. The van der Waals surface area contributed by atoms with E-state index in [2.05, 4.69) is 51.2 Å². The topological polar surface area (TPSA) is 48.0 Å². The molecule has 0 aromatic heterocycles. The van der Waals surface area contributed by atoms with Gasteiger partial charge in [-0.1, -0.05) is 40.2 Å². The molecule has 1 aromatic carbocycles. The third kappa shape index (κ3) is 1.33. The van der Waals surface area contributed by atoms with Crippen LogP contribution in [0.15, 0.2) is 18.2 Å². The van der Waals surface area contributed by atoms with Crippen molar-refractivity contribution in [3.63, 3.8) is 0 Å². The lowest BCUT2D eigenvalue weighted by molar-refractivity contribution is 0.335. The Morgan fingerprint density at radius 3 is 2.78 bits per heavy atom. The number of benzene rings is 1. The number of nitrogens with two attached hydrogens (primary N) is 1. The van der Waals surface area contributed by atoms with Gasteiger partial charge in [-0.25, -0.2) is 0 Å². The van der Waals surface area contributed by atoms with Gasteiger partial charge in [0.25, 0.3) is 0 Å². The molecule has 5 unspecified atom stereocenters. The summed E-state index contributed by atoms with van der Waals surface area (Å²) >= 11 is 0. The minimum atomic E-state index is 0.226. The van der Waals surface area contributed by atoms with E-state index in [0.717, 1.165) is 5.69 Å². The molecule has 2 nitrogen and oxygen atoms in total. The van der Waals surface area contributed by atoms with Gasteiger partial charge in [-0.3, -0.25) is 0 Å². The zero-order valence-electron chi connectivity index (χ0n) is 11.8. The van der Waals surface area contributed by atoms with Gasteiger partial charge in [0.05, 0.1) is 5.54 Å². The van der Waals surface area contributed by atoms with Gasteiger partial charge < -0.3 is 11.1 Å². The molecule has 18 heavy (non-hydrogen) atoms. The first-order chi connectivity index (χ1) is 8.52. The Morgan fingerprint density at radius 1 is 1.39 bits per heavy atom. The van der Waals surface area contributed by atoms with E-state index in [1.807, 2.05) is 0 Å². The van der Waals surface area contributed by atoms with Gasteiger partial charge in [0, 0.05) is 11.7 Å². The zero-order valence-corrected chi connectivity index (χ0v) is 11.8. The van der Waals surface area contributed by atoms with Gasteiger partial charge in [0.2, 0.25) is 0 Å². The van der Waals surface area contributed by atoms with Crippen LogP contribution in [0.25, 0.3) is 0 Å². The Balaban J connectivity index is 2.15. The van der Waals surface area contributed by atoms with Crippen LogP contribution in [-0.4, -0.2) is 6.04 Å². The largest absolute Gasteiger partial charge is 0.399 e. The van der Waals surface area contributed by atoms with Crippen LogP contribution >= 0.6 is 0 Å². The summed E-state index contributed by atoms with van der Waals surface area (Å²) < 4.78 is 0. The van der Waals surface area contributed by atoms with Crippen molar-refractivity contribution in [2.75, 3.05) is 5.73 Å². The minimum Gasteiger partial charge on any atom is -0.399 e. The fraction of sp³-hybridized carbons (Fsp3) is 0.625. The summed E-state index contributed by atoms with van der Waals surface area (Å²) in [4.78, 5) is 0. The van der Waals surface area contributed by atoms with Gasteiger partial charge in [0.15, 0.2) is 0 Å². The quantitative estimate of drug-likeness (QED) is 0.620. The first-order valence-electron chi connectivity index (χ1n) is 7.20. The molecule has 0 amide bonds. The van der Waals surface area contributed by atoms with Gasteiger partial charge in [-0.2, -0.15) is 0 Å². The van der Waals surface area contributed by atoms with E-state index in [1.54, 1.807) is 0 Å². The summed E-state index contributed by atoms with van der Waals surface area (Å²) in [5, 5.41) is 3.81. The predicted octanol–water partition coefficient (Wildman–Crippen LogP) is 3.24. The van der Waals surface area contributed by atoms with Crippen molar-refractivity contribution in [1.82, 2.24) is 5.32 Å². The van der Waals surface area contributed by atoms with Crippen molar-refractivity contribution in [3.8, 4) is 0 Å². The van der Waals surface area contributed by atoms with Crippen LogP contribution in [0.2, 0.25) is 0 Å². The second-order valence-corrected chi connectivity index (χ2v) is 6.29. The van der Waals surface area contributed by atoms with Crippen molar-refractivity contribution in [2.45, 2.75) is 51.6 Å². The Bertz CT molecular complexity index is 482. The average Bonchev–Trinajstić information content (AvgIpc) is 3.12. The summed E-state index contributed by atoms with van der Waals surface area (Å²) in [7, 11) is 0. The van der Waals surface area contributed by atoms with Gasteiger partial charge in [-0.15, -0.1) is 0 Å². The molecule has 98 valence electrons. The van der Waals surface area contributed by atoms with Crippen LogP contribution in [0, 0.1) is 11.8 Å². The van der Waals surface area contributed by atoms with Crippen LogP contribution in [0.1, 0.15) is 51.2 Å². The highest BCUT2D eigenvalue weighted by molar-refractivity contribution is 5.54. The molecule has 5 atom stereocenters. The third-order valence-electron chi connectivity index (χ3n) is 5.52. The monoisotopic (exact) mass is 244 g/mol. The fourth-order valence-electron chi connectivity index (χ4n) is 3.95. The van der Waals surface area contributed by atoms with Crippen molar-refractivity contribution in [1.29, 1.82) is 0 Å². The van der Waals surface area contributed by atoms with E-state index >= 15 is 0 Å². The number of nitrogens with one attached hydrogen (secondary N) is 1. The van der Waals surface area contributed by atoms with E-state index in [0.29, 0.717) is 23.8 Å². The van der Waals surface area contributed by atoms with Gasteiger partial charge >= 0.3 is 0 Å². The fourth-order valence-corrected chi connectivity index (χ4v) is 3.95. The number of fused-ring (bicyclic) bond motifs is 3. The number of hydrogen-bond acceptors (Lipinski definition) is 2. The van der Waals surface area contributed by atoms with Crippen LogP contribution in [0.4, 0.5) is 5.69 Å². The molecule has 0 bridgehead atoms. The number of hydrogen-bond donors (Lipinski definition) is 2. The van der Waals surface area contributed by atoms with E-state index in [-0.39, 0.29) is 5.54 Å². The molecule has 1 aromatic rings. The molecule has 1 fully saturated rings. The normalized spacial score (nSPS) is 38.8. The third-order valence-corrected chi connectivity index (χ3v) is 5.52. The standard InChI is InChI=1S/C16H24N2/c1-5-9(2)16-14-7-6-12(17)8-13(14)10(3)11(4)15(16)18-16/h6-11,15,18H,5,17H2,1-4H3. The molecular weight excluding hydrogens is 220 g/mol. The lowest BCUT2D eigenvalue weighted by Gasteiger charge is -2.35. The molecule has 2 heteroatoms. The number of anilines is 1. The Morgan fingerprint density at radius 2 is 2.11 bits per heavy atom. The Labute approximate surface area is 110 Å². The predicted molar refractivity (Wildman–Crippen MR) is 76.5 cm³/mol. The lowest BCUT2D eigenvalue weighted by atomic mass is 9.67. The molecule has 0 spiro atoms. The maximum atomic E-state index is 5.98. The van der Waals surface area contributed by atoms with Gasteiger partial charge in [-0.05, 0) is 41.0 Å². The Hall–Kier alpha value is -1.02. The zero-order chi connectivity index (χ0) is 13.1. The second kappa shape index (κ2) is 3.74. The van der Waals surface area contributed by atoms with Crippen LogP contribution < -0.4 is 11.1 Å². The summed E-state index contributed by atoms with van der Waals surface area (Å²) in [5.74, 6) is 1.97. The first kappa shape index (κ1) is 12.0. The Kier molecular flexibility index (Phi) is 2.50. The summed E-state index contributed by atoms with van der Waals surface area (Å²) in [6.07, 6.45) is 1.22. The molecule has 0 saturated carbocycles. The van der Waals surface area contributed by atoms with Crippen molar-refractivity contribution in [3.05, 3.63) is 29.3 Å². The van der Waals surface area contributed by atoms with E-state index in [9.17, 15) is 0 Å². The second-order valence-electron chi connectivity index (χ2n) is 6.29. The lowest BCUT2D eigenvalue weighted by Crippen LogP contribution is -2.33. The van der Waals surface area contributed by atoms with E-state index in [1.165, 1.54) is 17.5 Å². The summed E-state index contributed by atoms with van der Waals surface area (Å²) in [6.45, 7) is 9.37.